The summed E-state index contributed by atoms with van der Waals surface area (Å²) in [5, 5.41) is 0. The number of aryl methyl sites for hydroxylation is 1. The second-order valence-corrected chi connectivity index (χ2v) is 4.66. The van der Waals surface area contributed by atoms with Crippen LogP contribution in [0.15, 0.2) is 30.5 Å². The third-order valence-corrected chi connectivity index (χ3v) is 3.05. The summed E-state index contributed by atoms with van der Waals surface area (Å²) in [6, 6.07) is 5.13. The van der Waals surface area contributed by atoms with E-state index in [0.717, 1.165) is 17.1 Å². The Bertz CT molecular complexity index is 815. The molecule has 0 radical (unpaired) electrons. The summed E-state index contributed by atoms with van der Waals surface area (Å²) in [6.07, 6.45) is 1.68. The van der Waals surface area contributed by atoms with Crippen LogP contribution in [-0.4, -0.2) is 14.5 Å². The predicted molar refractivity (Wildman–Crippen MR) is 70.9 cm³/mol. The van der Waals surface area contributed by atoms with Crippen molar-refractivity contribution in [3.05, 3.63) is 52.4 Å². The van der Waals surface area contributed by atoms with Crippen LogP contribution in [0.3, 0.4) is 0 Å². The van der Waals surface area contributed by atoms with Crippen molar-refractivity contribution in [2.75, 3.05) is 0 Å². The van der Waals surface area contributed by atoms with Gasteiger partial charge in [0, 0.05) is 12.3 Å². The van der Waals surface area contributed by atoms with Gasteiger partial charge in [-0.15, -0.1) is 0 Å². The molecule has 3 nitrogen and oxygen atoms in total. The number of nitrogens with zero attached hydrogens (tertiary/aromatic N) is 2. The number of H-pyrrole nitrogens is 1. The van der Waals surface area contributed by atoms with Gasteiger partial charge in [0.25, 0.3) is 0 Å². The van der Waals surface area contributed by atoms with Gasteiger partial charge in [-0.05, 0) is 42.9 Å². The zero-order chi connectivity index (χ0) is 13.6. The molecule has 19 heavy (non-hydrogen) atoms. The molecule has 2 heterocycles. The Morgan fingerprint density at radius 1 is 1.16 bits per heavy atom. The third-order valence-electron chi connectivity index (χ3n) is 2.77. The normalized spacial score (nSPS) is 11.1. The summed E-state index contributed by atoms with van der Waals surface area (Å²) >= 11 is 5.19. The largest absolute Gasteiger partial charge is 0.329 e. The standard InChI is InChI=1S/C13H9F2N3S/c1-7-2-11-12(16-6-7)18(13(19)17-11)10-4-8(14)3-9(15)5-10/h2-6H,1H3,(H,17,19). The first-order valence-electron chi connectivity index (χ1n) is 5.58. The minimum Gasteiger partial charge on any atom is -0.329 e. The van der Waals surface area contributed by atoms with E-state index in [-0.39, 0.29) is 0 Å². The minimum atomic E-state index is -0.654. The molecular formula is C13H9F2N3S. The van der Waals surface area contributed by atoms with Gasteiger partial charge in [-0.2, -0.15) is 0 Å². The number of aromatic nitrogens is 3. The lowest BCUT2D eigenvalue weighted by Crippen LogP contribution is -1.97. The monoisotopic (exact) mass is 277 g/mol. The molecule has 0 aliphatic rings. The van der Waals surface area contributed by atoms with Crippen LogP contribution in [0.1, 0.15) is 5.56 Å². The van der Waals surface area contributed by atoms with Crippen LogP contribution in [0.4, 0.5) is 8.78 Å². The van der Waals surface area contributed by atoms with Gasteiger partial charge in [0.1, 0.15) is 11.6 Å². The average Bonchev–Trinajstić information content (AvgIpc) is 2.62. The molecular weight excluding hydrogens is 268 g/mol. The van der Waals surface area contributed by atoms with Gasteiger partial charge in [0.05, 0.1) is 11.2 Å². The second kappa shape index (κ2) is 4.24. The minimum absolute atomic E-state index is 0.310. The number of imidazole rings is 1. The Labute approximate surface area is 112 Å². The Kier molecular flexibility index (Phi) is 2.67. The highest BCUT2D eigenvalue weighted by molar-refractivity contribution is 7.71. The molecule has 2 aromatic heterocycles. The van der Waals surface area contributed by atoms with Crippen LogP contribution in [0.2, 0.25) is 0 Å². The zero-order valence-electron chi connectivity index (χ0n) is 9.95. The van der Waals surface area contributed by atoms with Crippen molar-refractivity contribution in [2.45, 2.75) is 6.92 Å². The maximum absolute atomic E-state index is 13.3. The lowest BCUT2D eigenvalue weighted by molar-refractivity contribution is 0.581. The van der Waals surface area contributed by atoms with Gasteiger partial charge in [0.2, 0.25) is 0 Å². The average molecular weight is 277 g/mol. The maximum Gasteiger partial charge on any atom is 0.184 e. The molecule has 0 saturated carbocycles. The molecule has 0 unspecified atom stereocenters. The number of aromatic amines is 1. The lowest BCUT2D eigenvalue weighted by atomic mass is 10.3. The Morgan fingerprint density at radius 2 is 1.84 bits per heavy atom. The highest BCUT2D eigenvalue weighted by atomic mass is 32.1. The predicted octanol–water partition coefficient (Wildman–Crippen LogP) is 3.67. The van der Waals surface area contributed by atoms with Gasteiger partial charge < -0.3 is 4.98 Å². The lowest BCUT2D eigenvalue weighted by Gasteiger charge is -2.04. The van der Waals surface area contributed by atoms with E-state index in [1.807, 2.05) is 13.0 Å². The molecule has 0 spiro atoms. The molecule has 0 amide bonds. The number of hydrogen-bond donors (Lipinski definition) is 1. The number of rotatable bonds is 1. The van der Waals surface area contributed by atoms with Gasteiger partial charge in [0.15, 0.2) is 10.4 Å². The van der Waals surface area contributed by atoms with Gasteiger partial charge in [-0.25, -0.2) is 13.8 Å². The molecule has 6 heteroatoms. The van der Waals surface area contributed by atoms with Crippen molar-refractivity contribution in [1.82, 2.24) is 14.5 Å². The van der Waals surface area contributed by atoms with E-state index in [1.54, 1.807) is 6.20 Å². The van der Waals surface area contributed by atoms with E-state index < -0.39 is 11.6 Å². The van der Waals surface area contributed by atoms with Gasteiger partial charge in [-0.1, -0.05) is 0 Å². The summed E-state index contributed by atoms with van der Waals surface area (Å²) < 4.78 is 28.5. The van der Waals surface area contributed by atoms with Crippen LogP contribution >= 0.6 is 12.2 Å². The van der Waals surface area contributed by atoms with Crippen LogP contribution in [0.5, 0.6) is 0 Å². The van der Waals surface area contributed by atoms with Crippen molar-refractivity contribution in [2.24, 2.45) is 0 Å². The topological polar surface area (TPSA) is 33.6 Å². The van der Waals surface area contributed by atoms with Crippen LogP contribution in [0.25, 0.3) is 16.9 Å². The summed E-state index contributed by atoms with van der Waals surface area (Å²) in [6.45, 7) is 1.91. The molecule has 3 aromatic rings. The summed E-state index contributed by atoms with van der Waals surface area (Å²) in [7, 11) is 0. The van der Waals surface area contributed by atoms with Gasteiger partial charge in [-0.3, -0.25) is 4.57 Å². The molecule has 0 bridgehead atoms. The fourth-order valence-corrected chi connectivity index (χ4v) is 2.31. The summed E-state index contributed by atoms with van der Waals surface area (Å²) in [5.74, 6) is -1.31. The number of hydrogen-bond acceptors (Lipinski definition) is 2. The van der Waals surface area contributed by atoms with Crippen molar-refractivity contribution >= 4 is 23.4 Å². The first-order chi connectivity index (χ1) is 9.04. The highest BCUT2D eigenvalue weighted by Gasteiger charge is 2.10. The number of nitrogens with one attached hydrogen (secondary N) is 1. The molecule has 0 fully saturated rings. The molecule has 1 aromatic carbocycles. The first-order valence-corrected chi connectivity index (χ1v) is 5.99. The smallest absolute Gasteiger partial charge is 0.184 e. The molecule has 0 aliphatic carbocycles. The molecule has 1 N–H and O–H groups in total. The highest BCUT2D eigenvalue weighted by Crippen LogP contribution is 2.20. The van der Waals surface area contributed by atoms with E-state index in [4.69, 9.17) is 12.2 Å². The molecule has 0 atom stereocenters. The summed E-state index contributed by atoms with van der Waals surface area (Å²) in [4.78, 5) is 7.23. The van der Waals surface area contributed by atoms with Crippen LogP contribution in [-0.2, 0) is 0 Å². The van der Waals surface area contributed by atoms with E-state index in [0.29, 0.717) is 16.1 Å². The van der Waals surface area contributed by atoms with Crippen LogP contribution < -0.4 is 0 Å². The first kappa shape index (κ1) is 12.0. The van der Waals surface area contributed by atoms with Crippen molar-refractivity contribution < 1.29 is 8.78 Å². The number of benzene rings is 1. The Hall–Kier alpha value is -2.08. The third kappa shape index (κ3) is 2.04. The number of halogens is 2. The fourth-order valence-electron chi connectivity index (χ4n) is 2.01. The van der Waals surface area contributed by atoms with Crippen molar-refractivity contribution in [3.63, 3.8) is 0 Å². The van der Waals surface area contributed by atoms with E-state index in [2.05, 4.69) is 9.97 Å². The second-order valence-electron chi connectivity index (χ2n) is 4.28. The van der Waals surface area contributed by atoms with Crippen molar-refractivity contribution in [3.8, 4) is 5.69 Å². The van der Waals surface area contributed by atoms with Gasteiger partial charge >= 0.3 is 0 Å². The summed E-state index contributed by atoms with van der Waals surface area (Å²) in [5.41, 5.74) is 2.56. The SMILES string of the molecule is Cc1cnc2c(c1)[nH]c(=S)n2-c1cc(F)cc(F)c1. The quantitative estimate of drug-likeness (QED) is 0.688. The van der Waals surface area contributed by atoms with E-state index in [9.17, 15) is 8.78 Å². The van der Waals surface area contributed by atoms with Crippen LogP contribution in [0, 0.1) is 23.3 Å². The molecule has 3 rings (SSSR count). The fraction of sp³-hybridized carbons (Fsp3) is 0.0769. The number of fused-ring (bicyclic) bond motifs is 1. The Morgan fingerprint density at radius 3 is 2.53 bits per heavy atom. The van der Waals surface area contributed by atoms with E-state index >= 15 is 0 Å². The molecule has 0 saturated heterocycles. The van der Waals surface area contributed by atoms with Crippen molar-refractivity contribution in [1.29, 1.82) is 0 Å². The maximum atomic E-state index is 13.3. The molecule has 96 valence electrons. The molecule has 0 aliphatic heterocycles. The van der Waals surface area contributed by atoms with E-state index in [1.165, 1.54) is 16.7 Å². The zero-order valence-corrected chi connectivity index (χ0v) is 10.8. The Balaban J connectivity index is 2.36. The number of pyridine rings is 1.